The van der Waals surface area contributed by atoms with Crippen molar-refractivity contribution in [2.75, 3.05) is 6.54 Å². The third-order valence-electron chi connectivity index (χ3n) is 4.06. The van der Waals surface area contributed by atoms with Crippen LogP contribution in [-0.4, -0.2) is 24.6 Å². The van der Waals surface area contributed by atoms with E-state index < -0.39 is 16.1 Å². The van der Waals surface area contributed by atoms with Crippen molar-refractivity contribution in [2.24, 2.45) is 7.05 Å². The molecule has 126 valence electrons. The van der Waals surface area contributed by atoms with Crippen molar-refractivity contribution in [1.82, 2.24) is 9.29 Å². The summed E-state index contributed by atoms with van der Waals surface area (Å²) in [6.07, 6.45) is 1.04. The Bertz CT molecular complexity index is 977. The number of hydrogen-bond donors (Lipinski definition) is 2. The Morgan fingerprint density at radius 1 is 1.17 bits per heavy atom. The van der Waals surface area contributed by atoms with Gasteiger partial charge in [-0.2, -0.15) is 0 Å². The molecule has 1 heterocycles. The van der Waals surface area contributed by atoms with E-state index in [0.717, 1.165) is 16.5 Å². The van der Waals surface area contributed by atoms with Gasteiger partial charge in [0.2, 0.25) is 10.0 Å². The number of benzene rings is 2. The monoisotopic (exact) mass is 344 g/mol. The fourth-order valence-corrected chi connectivity index (χ4v) is 3.82. The molecule has 0 fully saturated rings. The van der Waals surface area contributed by atoms with Crippen molar-refractivity contribution in [2.45, 2.75) is 17.9 Å². The minimum Gasteiger partial charge on any atom is -0.387 e. The normalized spacial score (nSPS) is 13.3. The van der Waals surface area contributed by atoms with Crippen LogP contribution < -0.4 is 4.72 Å². The average Bonchev–Trinajstić information content (AvgIpc) is 2.93. The first-order valence-electron chi connectivity index (χ1n) is 7.66. The molecule has 24 heavy (non-hydrogen) atoms. The Kier molecular flexibility index (Phi) is 4.45. The first kappa shape index (κ1) is 16.7. The molecule has 1 aromatic heterocycles. The standard InChI is InChI=1S/C18H20N2O3S/c1-13-4-3-5-16(10-13)24(22,23)19-12-18(21)15-6-7-17-14(11-15)8-9-20(17)2/h3-11,18-19,21H,12H2,1-2H3/t18-/m0/s1. The van der Waals surface area contributed by atoms with Crippen LogP contribution in [0.4, 0.5) is 0 Å². The van der Waals surface area contributed by atoms with Gasteiger partial charge in [0.25, 0.3) is 0 Å². The smallest absolute Gasteiger partial charge is 0.240 e. The third kappa shape index (κ3) is 3.36. The Hall–Kier alpha value is -2.15. The molecule has 0 spiro atoms. The van der Waals surface area contributed by atoms with Gasteiger partial charge in [-0.05, 0) is 53.8 Å². The van der Waals surface area contributed by atoms with Crippen LogP contribution in [0.2, 0.25) is 0 Å². The first-order chi connectivity index (χ1) is 11.4. The Morgan fingerprint density at radius 3 is 2.71 bits per heavy atom. The van der Waals surface area contributed by atoms with Gasteiger partial charge >= 0.3 is 0 Å². The fourth-order valence-electron chi connectivity index (χ4n) is 2.68. The molecule has 0 aliphatic heterocycles. The number of hydrogen-bond acceptors (Lipinski definition) is 3. The highest BCUT2D eigenvalue weighted by atomic mass is 32.2. The molecule has 5 nitrogen and oxygen atoms in total. The summed E-state index contributed by atoms with van der Waals surface area (Å²) in [7, 11) is -1.69. The van der Waals surface area contributed by atoms with Gasteiger partial charge in [-0.3, -0.25) is 0 Å². The number of aryl methyl sites for hydroxylation is 2. The summed E-state index contributed by atoms with van der Waals surface area (Å²) in [5.74, 6) is 0. The van der Waals surface area contributed by atoms with Crippen molar-refractivity contribution < 1.29 is 13.5 Å². The second-order valence-electron chi connectivity index (χ2n) is 5.93. The number of aliphatic hydroxyl groups is 1. The summed E-state index contributed by atoms with van der Waals surface area (Å²) in [6.45, 7) is 1.76. The SMILES string of the molecule is Cc1cccc(S(=O)(=O)NC[C@H](O)c2ccc3c(ccn3C)c2)c1. The zero-order valence-electron chi connectivity index (χ0n) is 13.6. The van der Waals surface area contributed by atoms with Gasteiger partial charge in [0.05, 0.1) is 11.0 Å². The van der Waals surface area contributed by atoms with Crippen LogP contribution in [0.25, 0.3) is 10.9 Å². The van der Waals surface area contributed by atoms with E-state index in [2.05, 4.69) is 4.72 Å². The number of aromatic nitrogens is 1. The zero-order valence-corrected chi connectivity index (χ0v) is 14.4. The van der Waals surface area contributed by atoms with Crippen LogP contribution in [0, 0.1) is 6.92 Å². The molecule has 0 aliphatic carbocycles. The molecule has 0 bridgehead atoms. The number of nitrogens with one attached hydrogen (secondary N) is 1. The topological polar surface area (TPSA) is 71.3 Å². The van der Waals surface area contributed by atoms with Gasteiger partial charge in [-0.1, -0.05) is 18.2 Å². The number of nitrogens with zero attached hydrogens (tertiary/aromatic N) is 1. The summed E-state index contributed by atoms with van der Waals surface area (Å²) in [6, 6.07) is 14.2. The van der Waals surface area contributed by atoms with Crippen LogP contribution in [0.3, 0.4) is 0 Å². The lowest BCUT2D eigenvalue weighted by Gasteiger charge is -2.13. The summed E-state index contributed by atoms with van der Waals surface area (Å²) >= 11 is 0. The molecular formula is C18H20N2O3S. The highest BCUT2D eigenvalue weighted by molar-refractivity contribution is 7.89. The quantitative estimate of drug-likeness (QED) is 0.747. The van der Waals surface area contributed by atoms with Crippen molar-refractivity contribution in [1.29, 1.82) is 0 Å². The predicted octanol–water partition coefficient (Wildman–Crippen LogP) is 2.50. The third-order valence-corrected chi connectivity index (χ3v) is 5.48. The molecule has 0 radical (unpaired) electrons. The molecule has 0 unspecified atom stereocenters. The van der Waals surface area contributed by atoms with E-state index in [1.54, 1.807) is 12.1 Å². The van der Waals surface area contributed by atoms with E-state index in [-0.39, 0.29) is 11.4 Å². The van der Waals surface area contributed by atoms with Gasteiger partial charge in [0.15, 0.2) is 0 Å². The molecule has 3 rings (SSSR count). The van der Waals surface area contributed by atoms with E-state index in [4.69, 9.17) is 0 Å². The summed E-state index contributed by atoms with van der Waals surface area (Å²) in [5, 5.41) is 11.3. The van der Waals surface area contributed by atoms with Gasteiger partial charge in [0, 0.05) is 25.3 Å². The van der Waals surface area contributed by atoms with Crippen molar-refractivity contribution in [3.05, 3.63) is 65.9 Å². The van der Waals surface area contributed by atoms with Crippen molar-refractivity contribution >= 4 is 20.9 Å². The second kappa shape index (κ2) is 6.39. The van der Waals surface area contributed by atoms with Crippen LogP contribution in [0.5, 0.6) is 0 Å². The van der Waals surface area contributed by atoms with Crippen LogP contribution >= 0.6 is 0 Å². The Labute approximate surface area is 141 Å². The lowest BCUT2D eigenvalue weighted by atomic mass is 10.1. The van der Waals surface area contributed by atoms with Gasteiger partial charge in [-0.15, -0.1) is 0 Å². The van der Waals surface area contributed by atoms with Gasteiger partial charge in [0.1, 0.15) is 0 Å². The van der Waals surface area contributed by atoms with Crippen LogP contribution in [-0.2, 0) is 17.1 Å². The first-order valence-corrected chi connectivity index (χ1v) is 9.14. The summed E-state index contributed by atoms with van der Waals surface area (Å²) in [5.41, 5.74) is 2.61. The lowest BCUT2D eigenvalue weighted by Crippen LogP contribution is -2.28. The van der Waals surface area contributed by atoms with Crippen molar-refractivity contribution in [3.63, 3.8) is 0 Å². The van der Waals surface area contributed by atoms with E-state index in [0.29, 0.717) is 5.56 Å². The zero-order chi connectivity index (χ0) is 17.3. The summed E-state index contributed by atoms with van der Waals surface area (Å²) in [4.78, 5) is 0.202. The predicted molar refractivity (Wildman–Crippen MR) is 94.2 cm³/mol. The second-order valence-corrected chi connectivity index (χ2v) is 7.70. The molecule has 2 aromatic carbocycles. The number of rotatable bonds is 5. The number of aliphatic hydroxyl groups excluding tert-OH is 1. The highest BCUT2D eigenvalue weighted by Gasteiger charge is 2.17. The van der Waals surface area contributed by atoms with Crippen LogP contribution in [0.1, 0.15) is 17.2 Å². The summed E-state index contributed by atoms with van der Waals surface area (Å²) < 4.78 is 29.1. The molecule has 3 aromatic rings. The van der Waals surface area contributed by atoms with Gasteiger partial charge in [-0.25, -0.2) is 13.1 Å². The molecule has 1 atom stereocenters. The van der Waals surface area contributed by atoms with Crippen molar-refractivity contribution in [3.8, 4) is 0 Å². The number of fused-ring (bicyclic) bond motifs is 1. The maximum Gasteiger partial charge on any atom is 0.240 e. The van der Waals surface area contributed by atoms with E-state index >= 15 is 0 Å². The molecule has 0 saturated carbocycles. The molecule has 0 aliphatic rings. The Morgan fingerprint density at radius 2 is 1.96 bits per heavy atom. The van der Waals surface area contributed by atoms with E-state index in [9.17, 15) is 13.5 Å². The molecule has 0 amide bonds. The van der Waals surface area contributed by atoms with E-state index in [1.165, 1.54) is 6.07 Å². The molecular weight excluding hydrogens is 324 g/mol. The maximum absolute atomic E-state index is 12.3. The van der Waals surface area contributed by atoms with Gasteiger partial charge < -0.3 is 9.67 Å². The molecule has 6 heteroatoms. The van der Waals surface area contributed by atoms with Crippen LogP contribution in [0.15, 0.2) is 59.6 Å². The highest BCUT2D eigenvalue weighted by Crippen LogP contribution is 2.21. The Balaban J connectivity index is 1.75. The largest absolute Gasteiger partial charge is 0.387 e. The average molecular weight is 344 g/mol. The minimum atomic E-state index is -3.64. The van der Waals surface area contributed by atoms with E-state index in [1.807, 2.05) is 55.1 Å². The molecule has 2 N–H and O–H groups in total. The lowest BCUT2D eigenvalue weighted by molar-refractivity contribution is 0.182. The molecule has 0 saturated heterocycles. The number of sulfonamides is 1. The maximum atomic E-state index is 12.3. The fraction of sp³-hybridized carbons (Fsp3) is 0.222. The minimum absolute atomic E-state index is 0.0748.